The summed E-state index contributed by atoms with van der Waals surface area (Å²) in [6, 6.07) is 8.49. The van der Waals surface area contributed by atoms with Crippen molar-refractivity contribution in [1.29, 1.82) is 0 Å². The van der Waals surface area contributed by atoms with Gasteiger partial charge in [0.05, 0.1) is 31.4 Å². The lowest BCUT2D eigenvalue weighted by Gasteiger charge is -2.35. The monoisotopic (exact) mass is 603 g/mol. The maximum Gasteiger partial charge on any atom is 0.438 e. The van der Waals surface area contributed by atoms with E-state index in [9.17, 15) is 18.0 Å². The fourth-order valence-electron chi connectivity index (χ4n) is 3.86. The molecule has 0 aliphatic carbocycles. The van der Waals surface area contributed by atoms with Gasteiger partial charge in [-0.25, -0.2) is 9.98 Å². The minimum atomic E-state index is -4.41. The van der Waals surface area contributed by atoms with Gasteiger partial charge >= 0.3 is 6.18 Å². The lowest BCUT2D eigenvalue weighted by Crippen LogP contribution is -2.50. The summed E-state index contributed by atoms with van der Waals surface area (Å²) in [6.07, 6.45) is -3.13. The van der Waals surface area contributed by atoms with Crippen molar-refractivity contribution in [3.05, 3.63) is 47.7 Å². The van der Waals surface area contributed by atoms with Gasteiger partial charge in [0.25, 0.3) is 5.91 Å². The number of alkyl halides is 3. The number of aliphatic imine (C=N–C) groups is 1. The molecule has 1 unspecified atom stereocenters. The Kier molecular flexibility index (Phi) is 8.46. The van der Waals surface area contributed by atoms with Crippen LogP contribution in [0.4, 0.5) is 19.0 Å². The van der Waals surface area contributed by atoms with Crippen molar-refractivity contribution in [2.45, 2.75) is 12.2 Å². The number of benzene rings is 1. The molecule has 1 atom stereocenters. The van der Waals surface area contributed by atoms with E-state index in [1.54, 1.807) is 34.3 Å². The van der Waals surface area contributed by atoms with Crippen LogP contribution >= 0.6 is 20.7 Å². The SMILES string of the molecule is O=C(NCC(C1=CN=C(C(F)(F)F)I=C1)N1CCOCC1)c1cccc2nc(NCCO)ccc12. The van der Waals surface area contributed by atoms with Crippen molar-refractivity contribution in [3.8, 4) is 0 Å². The van der Waals surface area contributed by atoms with E-state index in [2.05, 4.69) is 25.5 Å². The Morgan fingerprint density at radius 3 is 2.71 bits per heavy atom. The van der Waals surface area contributed by atoms with Crippen LogP contribution in [-0.4, -0.2) is 86.8 Å². The number of hydrogen-bond donors (Lipinski definition) is 3. The molecule has 1 aromatic carbocycles. The molecular weight excluding hydrogens is 578 g/mol. The molecule has 0 saturated carbocycles. The third-order valence-electron chi connectivity index (χ3n) is 5.57. The predicted molar refractivity (Wildman–Crippen MR) is 137 cm³/mol. The van der Waals surface area contributed by atoms with Gasteiger partial charge in [0.1, 0.15) is 5.82 Å². The molecule has 1 aromatic heterocycles. The van der Waals surface area contributed by atoms with Gasteiger partial charge < -0.3 is 20.5 Å². The number of carbonyl (C=O) groups excluding carboxylic acids is 1. The summed E-state index contributed by atoms with van der Waals surface area (Å²) < 4.78 is 45.4. The highest BCUT2D eigenvalue weighted by atomic mass is 127. The van der Waals surface area contributed by atoms with Crippen molar-refractivity contribution in [2.75, 3.05) is 51.3 Å². The topological polar surface area (TPSA) is 99.1 Å². The van der Waals surface area contributed by atoms with Crippen LogP contribution in [-0.2, 0) is 4.74 Å². The molecule has 2 aliphatic heterocycles. The van der Waals surface area contributed by atoms with Gasteiger partial charge in [-0.15, -0.1) is 0 Å². The average molecular weight is 603 g/mol. The Labute approximate surface area is 210 Å². The van der Waals surface area contributed by atoms with Gasteiger partial charge in [0.2, 0.25) is 0 Å². The van der Waals surface area contributed by atoms with Crippen LogP contribution in [0.1, 0.15) is 10.4 Å². The quantitative estimate of drug-likeness (QED) is 0.402. The molecule has 1 amide bonds. The second kappa shape index (κ2) is 11.5. The van der Waals surface area contributed by atoms with Crippen LogP contribution in [0.25, 0.3) is 10.9 Å². The lowest BCUT2D eigenvalue weighted by molar-refractivity contribution is -0.0545. The van der Waals surface area contributed by atoms with Crippen LogP contribution in [0.3, 0.4) is 0 Å². The number of pyridine rings is 1. The van der Waals surface area contributed by atoms with E-state index >= 15 is 0 Å². The maximum absolute atomic E-state index is 13.1. The van der Waals surface area contributed by atoms with Gasteiger partial charge in [0.15, 0.2) is 3.72 Å². The number of rotatable bonds is 8. The highest BCUT2D eigenvalue weighted by Crippen LogP contribution is 2.29. The number of halogens is 4. The summed E-state index contributed by atoms with van der Waals surface area (Å²) in [5.74, 6) is 0.302. The molecule has 12 heteroatoms. The predicted octanol–water partition coefficient (Wildman–Crippen LogP) is 2.70. The molecule has 0 spiro atoms. The van der Waals surface area contributed by atoms with Gasteiger partial charge in [-0.2, -0.15) is 13.2 Å². The van der Waals surface area contributed by atoms with E-state index in [4.69, 9.17) is 9.84 Å². The first-order valence-corrected chi connectivity index (χ1v) is 13.4. The first kappa shape index (κ1) is 25.7. The highest BCUT2D eigenvalue weighted by Gasteiger charge is 2.36. The van der Waals surface area contributed by atoms with Crippen molar-refractivity contribution in [1.82, 2.24) is 15.2 Å². The first-order valence-electron chi connectivity index (χ1n) is 11.0. The molecule has 2 aromatic rings. The number of hydrogen-bond acceptors (Lipinski definition) is 7. The number of aromatic nitrogens is 1. The van der Waals surface area contributed by atoms with Gasteiger partial charge in [-0.05, 0) is 33.9 Å². The van der Waals surface area contributed by atoms with Crippen molar-refractivity contribution >= 4 is 51.1 Å². The second-order valence-electron chi connectivity index (χ2n) is 7.86. The molecular formula is C23H25F3IN5O3. The summed E-state index contributed by atoms with van der Waals surface area (Å²) >= 11 is -1.41. The number of aliphatic hydroxyl groups excluding tert-OH is 1. The van der Waals surface area contributed by atoms with Gasteiger partial charge in [-0.3, -0.25) is 9.69 Å². The second-order valence-corrected chi connectivity index (χ2v) is 10.1. The smallest absolute Gasteiger partial charge is 0.395 e. The van der Waals surface area contributed by atoms with E-state index in [1.165, 1.54) is 6.20 Å². The van der Waals surface area contributed by atoms with Crippen LogP contribution in [0.15, 0.2) is 47.1 Å². The van der Waals surface area contributed by atoms with E-state index in [0.29, 0.717) is 60.7 Å². The Hall–Kier alpha value is -2.42. The molecule has 0 radical (unpaired) electrons. The van der Waals surface area contributed by atoms with Gasteiger partial charge in [0, 0.05) is 43.3 Å². The third kappa shape index (κ3) is 6.42. The summed E-state index contributed by atoms with van der Waals surface area (Å²) in [4.78, 5) is 23.4. The number of amides is 1. The van der Waals surface area contributed by atoms with E-state index in [0.717, 1.165) is 0 Å². The Morgan fingerprint density at radius 1 is 1.23 bits per heavy atom. The fraction of sp³-hybridized carbons (Fsp3) is 0.391. The zero-order chi connectivity index (χ0) is 24.8. The molecule has 3 N–H and O–H groups in total. The minimum Gasteiger partial charge on any atom is -0.395 e. The summed E-state index contributed by atoms with van der Waals surface area (Å²) in [5.41, 5.74) is 1.77. The number of nitrogens with one attached hydrogen (secondary N) is 2. The van der Waals surface area contributed by atoms with Crippen LogP contribution in [0.2, 0.25) is 0 Å². The van der Waals surface area contributed by atoms with Crippen molar-refractivity contribution in [2.24, 2.45) is 4.99 Å². The van der Waals surface area contributed by atoms with Crippen LogP contribution in [0.5, 0.6) is 0 Å². The Morgan fingerprint density at radius 2 is 2.03 bits per heavy atom. The summed E-state index contributed by atoms with van der Waals surface area (Å²) in [5, 5.41) is 15.6. The first-order chi connectivity index (χ1) is 16.9. The van der Waals surface area contributed by atoms with Gasteiger partial charge in [-0.1, -0.05) is 26.8 Å². The zero-order valence-electron chi connectivity index (χ0n) is 18.7. The number of ether oxygens (including phenoxy) is 1. The number of anilines is 1. The number of morpholine rings is 1. The number of nitrogens with zero attached hydrogens (tertiary/aromatic N) is 3. The van der Waals surface area contributed by atoms with E-state index < -0.39 is 30.6 Å². The molecule has 1 saturated heterocycles. The Balaban J connectivity index is 1.52. The maximum atomic E-state index is 13.1. The van der Waals surface area contributed by atoms with Crippen molar-refractivity contribution in [3.63, 3.8) is 0 Å². The molecule has 3 heterocycles. The molecule has 2 aliphatic rings. The summed E-state index contributed by atoms with van der Waals surface area (Å²) in [6.45, 7) is 2.83. The standard InChI is InChI=1S/C23H25F3IN5O3/c24-23(25,26)22-27-12-15(13-30-22)19(32-7-10-35-11-8-32)14-29-21(34)17-2-1-3-18-16(17)4-5-20(31-18)28-6-9-33/h1-5,12-13,19,33H,6-11,14H2,(H,28,31)(H,29,34). The average Bonchev–Trinajstić information content (AvgIpc) is 2.87. The largest absolute Gasteiger partial charge is 0.438 e. The number of fused-ring (bicyclic) bond motifs is 1. The molecule has 4 rings (SSSR count). The lowest BCUT2D eigenvalue weighted by atomic mass is 10.1. The third-order valence-corrected chi connectivity index (χ3v) is 8.08. The molecule has 0 bridgehead atoms. The Bertz CT molecular complexity index is 1160. The molecule has 35 heavy (non-hydrogen) atoms. The van der Waals surface area contributed by atoms with E-state index in [1.807, 2.05) is 0 Å². The molecule has 188 valence electrons. The van der Waals surface area contributed by atoms with Crippen LogP contribution < -0.4 is 10.6 Å². The van der Waals surface area contributed by atoms with Crippen molar-refractivity contribution < 1.29 is 27.8 Å². The normalized spacial score (nSPS) is 17.8. The highest BCUT2D eigenvalue weighted by molar-refractivity contribution is 14.2. The summed E-state index contributed by atoms with van der Waals surface area (Å²) in [7, 11) is 0. The minimum absolute atomic E-state index is 0.0227. The fourth-order valence-corrected chi connectivity index (χ4v) is 5.75. The number of aliphatic hydroxyl groups is 1. The molecule has 8 nitrogen and oxygen atoms in total. The zero-order valence-corrected chi connectivity index (χ0v) is 20.8. The molecule has 1 fully saturated rings. The number of carbonyl (C=O) groups is 1. The van der Waals surface area contributed by atoms with Crippen LogP contribution in [0, 0.1) is 0 Å². The van der Waals surface area contributed by atoms with E-state index in [-0.39, 0.29) is 25.1 Å².